The molecule has 10 aromatic rings. The third-order valence-corrected chi connectivity index (χ3v) is 9.50. The van der Waals surface area contributed by atoms with Crippen molar-refractivity contribution >= 4 is 43.7 Å². The van der Waals surface area contributed by atoms with Gasteiger partial charge in [0.2, 0.25) is 0 Å². The van der Waals surface area contributed by atoms with Crippen molar-refractivity contribution in [2.45, 2.75) is 0 Å². The maximum Gasteiger partial charge on any atom is 0.164 e. The molecule has 0 unspecified atom stereocenters. The second-order valence-electron chi connectivity index (χ2n) is 12.4. The Bertz CT molecular complexity index is 2810. The predicted octanol–water partition coefficient (Wildman–Crippen LogP) is 11.5. The highest BCUT2D eigenvalue weighted by Crippen LogP contribution is 2.38. The van der Waals surface area contributed by atoms with Crippen LogP contribution in [0.2, 0.25) is 0 Å². The first kappa shape index (κ1) is 28.2. The van der Waals surface area contributed by atoms with E-state index in [0.29, 0.717) is 17.5 Å². The average Bonchev–Trinajstić information content (AvgIpc) is 3.74. The van der Waals surface area contributed by atoms with Gasteiger partial charge in [0.05, 0.1) is 11.0 Å². The summed E-state index contributed by atoms with van der Waals surface area (Å²) in [6.45, 7) is 0. The molecule has 0 amide bonds. The fourth-order valence-electron chi connectivity index (χ4n) is 7.21. The van der Waals surface area contributed by atoms with Crippen molar-refractivity contribution in [3.8, 4) is 51.0 Å². The van der Waals surface area contributed by atoms with Gasteiger partial charge in [0.15, 0.2) is 17.5 Å². The Labute approximate surface area is 287 Å². The molecule has 50 heavy (non-hydrogen) atoms. The summed E-state index contributed by atoms with van der Waals surface area (Å²) in [5.41, 5.74) is 10.0. The van der Waals surface area contributed by atoms with E-state index in [0.717, 1.165) is 55.4 Å². The highest BCUT2D eigenvalue weighted by molar-refractivity contribution is 6.12. The number of rotatable bonds is 5. The van der Waals surface area contributed by atoms with Crippen molar-refractivity contribution in [2.75, 3.05) is 0 Å². The predicted molar refractivity (Wildman–Crippen MR) is 203 cm³/mol. The first-order chi connectivity index (χ1) is 24.8. The van der Waals surface area contributed by atoms with E-state index in [-0.39, 0.29) is 0 Å². The summed E-state index contributed by atoms with van der Waals surface area (Å²) < 4.78 is 8.57. The minimum atomic E-state index is 0.600. The van der Waals surface area contributed by atoms with Gasteiger partial charge in [-0.3, -0.25) is 0 Å². The lowest BCUT2D eigenvalue weighted by Gasteiger charge is -2.13. The Morgan fingerprint density at radius 1 is 0.360 bits per heavy atom. The number of hydrogen-bond donors (Lipinski definition) is 0. The Balaban J connectivity index is 1.14. The fourth-order valence-corrected chi connectivity index (χ4v) is 7.21. The van der Waals surface area contributed by atoms with E-state index in [9.17, 15) is 0 Å². The lowest BCUT2D eigenvalue weighted by molar-refractivity contribution is 0.669. The molecule has 0 radical (unpaired) electrons. The molecule has 0 atom stereocenters. The lowest BCUT2D eigenvalue weighted by atomic mass is 9.98. The smallest absolute Gasteiger partial charge is 0.164 e. The van der Waals surface area contributed by atoms with Crippen molar-refractivity contribution in [1.29, 1.82) is 0 Å². The number of aromatic nitrogens is 4. The molecule has 5 nitrogen and oxygen atoms in total. The van der Waals surface area contributed by atoms with E-state index >= 15 is 0 Å². The second-order valence-corrected chi connectivity index (χ2v) is 12.4. The van der Waals surface area contributed by atoms with Crippen LogP contribution in [0.15, 0.2) is 174 Å². The van der Waals surface area contributed by atoms with Gasteiger partial charge >= 0.3 is 0 Å². The molecule has 0 spiro atoms. The molecule has 3 heterocycles. The van der Waals surface area contributed by atoms with Gasteiger partial charge in [0.1, 0.15) is 11.2 Å². The molecular weight excluding hydrogens is 613 g/mol. The molecule has 0 aliphatic carbocycles. The quantitative estimate of drug-likeness (QED) is 0.188. The van der Waals surface area contributed by atoms with Gasteiger partial charge in [-0.05, 0) is 47.5 Å². The summed E-state index contributed by atoms with van der Waals surface area (Å²) in [6.07, 6.45) is 0. The topological polar surface area (TPSA) is 56.7 Å². The van der Waals surface area contributed by atoms with Crippen LogP contribution in [0.5, 0.6) is 0 Å². The second kappa shape index (κ2) is 11.4. The van der Waals surface area contributed by atoms with Crippen LogP contribution in [0.25, 0.3) is 94.7 Å². The zero-order chi connectivity index (χ0) is 33.0. The number of benzene rings is 7. The Kier molecular flexibility index (Phi) is 6.42. The first-order valence-corrected chi connectivity index (χ1v) is 16.7. The molecule has 234 valence electrons. The molecular formula is C45H28N4O. The van der Waals surface area contributed by atoms with E-state index < -0.39 is 0 Å². The molecule has 10 rings (SSSR count). The monoisotopic (exact) mass is 640 g/mol. The van der Waals surface area contributed by atoms with E-state index in [1.807, 2.05) is 66.7 Å². The fraction of sp³-hybridized carbons (Fsp3) is 0. The maximum atomic E-state index is 6.23. The van der Waals surface area contributed by atoms with E-state index in [1.165, 1.54) is 21.8 Å². The summed E-state index contributed by atoms with van der Waals surface area (Å²) >= 11 is 0. The molecule has 0 aliphatic heterocycles. The van der Waals surface area contributed by atoms with E-state index in [1.54, 1.807) is 0 Å². The van der Waals surface area contributed by atoms with Gasteiger partial charge in [0, 0.05) is 43.9 Å². The zero-order valence-corrected chi connectivity index (χ0v) is 26.9. The van der Waals surface area contributed by atoms with Gasteiger partial charge < -0.3 is 8.98 Å². The Hall–Kier alpha value is -6.85. The average molecular weight is 641 g/mol. The summed E-state index contributed by atoms with van der Waals surface area (Å²) in [6, 6.07) is 58.6. The normalized spacial score (nSPS) is 11.6. The highest BCUT2D eigenvalue weighted by Gasteiger charge is 2.19. The molecule has 0 saturated carbocycles. The summed E-state index contributed by atoms with van der Waals surface area (Å²) in [5.74, 6) is 1.83. The number of nitrogens with zero attached hydrogens (tertiary/aromatic N) is 4. The van der Waals surface area contributed by atoms with Gasteiger partial charge in [-0.2, -0.15) is 0 Å². The molecule has 0 N–H and O–H groups in total. The molecule has 0 saturated heterocycles. The van der Waals surface area contributed by atoms with Crippen LogP contribution in [-0.4, -0.2) is 19.5 Å². The molecule has 3 aromatic heterocycles. The van der Waals surface area contributed by atoms with Gasteiger partial charge in [-0.25, -0.2) is 15.0 Å². The molecule has 0 fully saturated rings. The zero-order valence-electron chi connectivity index (χ0n) is 26.9. The molecule has 5 heteroatoms. The van der Waals surface area contributed by atoms with E-state index in [4.69, 9.17) is 19.4 Å². The number of hydrogen-bond acceptors (Lipinski definition) is 4. The van der Waals surface area contributed by atoms with Crippen LogP contribution in [0.4, 0.5) is 0 Å². The van der Waals surface area contributed by atoms with Gasteiger partial charge in [-0.15, -0.1) is 0 Å². The van der Waals surface area contributed by atoms with Crippen LogP contribution < -0.4 is 0 Å². The van der Waals surface area contributed by atoms with Gasteiger partial charge in [0.25, 0.3) is 0 Å². The third kappa shape index (κ3) is 4.52. The molecule has 0 aliphatic rings. The number of furan rings is 1. The molecule has 7 aromatic carbocycles. The number of fused-ring (bicyclic) bond motifs is 6. The maximum absolute atomic E-state index is 6.23. The largest absolute Gasteiger partial charge is 0.456 e. The summed E-state index contributed by atoms with van der Waals surface area (Å²) in [5, 5.41) is 4.52. The highest BCUT2D eigenvalue weighted by atomic mass is 16.3. The van der Waals surface area contributed by atoms with Crippen LogP contribution in [0, 0.1) is 0 Å². The van der Waals surface area contributed by atoms with Crippen LogP contribution in [-0.2, 0) is 0 Å². The standard InChI is InChI=1S/C45H28N4O/c1-2-13-30(14-3-1)43-46-44(48-45(47-43)37-20-12-24-41-42(37)36-19-8-11-23-40(36)50-41)35-18-5-4-15-32(35)29-25-27-31(28-26-29)49-38-21-9-6-16-33(38)34-17-7-10-22-39(34)49/h1-28H. The van der Waals surface area contributed by atoms with Crippen LogP contribution >= 0.6 is 0 Å². The van der Waals surface area contributed by atoms with Crippen molar-refractivity contribution < 1.29 is 4.42 Å². The summed E-state index contributed by atoms with van der Waals surface area (Å²) in [4.78, 5) is 15.3. The first-order valence-electron chi connectivity index (χ1n) is 16.7. The van der Waals surface area contributed by atoms with Crippen LogP contribution in [0.3, 0.4) is 0 Å². The van der Waals surface area contributed by atoms with E-state index in [2.05, 4.69) is 108 Å². The van der Waals surface area contributed by atoms with Gasteiger partial charge in [-0.1, -0.05) is 133 Å². The minimum Gasteiger partial charge on any atom is -0.456 e. The number of para-hydroxylation sites is 3. The Morgan fingerprint density at radius 2 is 0.900 bits per heavy atom. The van der Waals surface area contributed by atoms with Crippen molar-refractivity contribution in [1.82, 2.24) is 19.5 Å². The Morgan fingerprint density at radius 3 is 1.64 bits per heavy atom. The minimum absolute atomic E-state index is 0.600. The van der Waals surface area contributed by atoms with Crippen molar-refractivity contribution in [3.05, 3.63) is 170 Å². The lowest BCUT2D eigenvalue weighted by Crippen LogP contribution is -2.01. The third-order valence-electron chi connectivity index (χ3n) is 9.50. The van der Waals surface area contributed by atoms with Crippen molar-refractivity contribution in [2.24, 2.45) is 0 Å². The van der Waals surface area contributed by atoms with Crippen molar-refractivity contribution in [3.63, 3.8) is 0 Å². The van der Waals surface area contributed by atoms with Crippen LogP contribution in [0.1, 0.15) is 0 Å². The molecule has 0 bridgehead atoms. The summed E-state index contributed by atoms with van der Waals surface area (Å²) in [7, 11) is 0. The SMILES string of the molecule is c1ccc(-c2nc(-c3ccccc3-c3ccc(-n4c5ccccc5c5ccccc54)cc3)nc(-c3cccc4oc5ccccc5c34)n2)cc1.